The highest BCUT2D eigenvalue weighted by Gasteiger charge is 2.26. The first-order chi connectivity index (χ1) is 15.0. The first kappa shape index (κ1) is 22.9. The van der Waals surface area contributed by atoms with Gasteiger partial charge in [0, 0.05) is 35.5 Å². The molecule has 9 heteroatoms. The zero-order valence-corrected chi connectivity index (χ0v) is 18.5. The van der Waals surface area contributed by atoms with Crippen LogP contribution in [-0.4, -0.2) is 39.4 Å². The number of carbonyl (C=O) groups is 3. The minimum absolute atomic E-state index is 0.00736. The number of hydroxylamine groups is 1. The van der Waals surface area contributed by atoms with Crippen LogP contribution in [0.2, 0.25) is 0 Å². The van der Waals surface area contributed by atoms with Crippen molar-refractivity contribution in [3.63, 3.8) is 0 Å². The van der Waals surface area contributed by atoms with Gasteiger partial charge in [0.2, 0.25) is 5.91 Å². The third kappa shape index (κ3) is 6.11. The zero-order valence-electron chi connectivity index (χ0n) is 17.6. The summed E-state index contributed by atoms with van der Waals surface area (Å²) in [7, 11) is 0. The molecule has 0 bridgehead atoms. The molecule has 1 aliphatic heterocycles. The second kappa shape index (κ2) is 11.0. The third-order valence-corrected chi connectivity index (χ3v) is 6.32. The average Bonchev–Trinajstić information content (AvgIpc) is 3.22. The number of hydrogen-bond acceptors (Lipinski definition) is 6. The van der Waals surface area contributed by atoms with Gasteiger partial charge in [-0.25, -0.2) is 10.5 Å². The van der Waals surface area contributed by atoms with Gasteiger partial charge in [-0.05, 0) is 30.7 Å². The molecule has 0 atom stereocenters. The van der Waals surface area contributed by atoms with Crippen molar-refractivity contribution >= 4 is 34.7 Å². The molecular formula is C22H28N4O4S. The van der Waals surface area contributed by atoms with E-state index in [0.29, 0.717) is 37.2 Å². The highest BCUT2D eigenvalue weighted by Crippen LogP contribution is 2.26. The number of carbonyl (C=O) groups excluding carboxylic acids is 3. The van der Waals surface area contributed by atoms with Gasteiger partial charge >= 0.3 is 5.91 Å². The molecule has 0 fully saturated rings. The number of anilines is 1. The van der Waals surface area contributed by atoms with Gasteiger partial charge in [-0.2, -0.15) is 0 Å². The Kier molecular flexibility index (Phi) is 8.13. The summed E-state index contributed by atoms with van der Waals surface area (Å²) in [5.41, 5.74) is 3.60. The molecule has 3 N–H and O–H groups in total. The van der Waals surface area contributed by atoms with E-state index in [0.717, 1.165) is 29.8 Å². The van der Waals surface area contributed by atoms with Gasteiger partial charge in [-0.3, -0.25) is 19.6 Å². The number of rotatable bonds is 9. The number of amides is 3. The van der Waals surface area contributed by atoms with Crippen LogP contribution in [0.5, 0.6) is 0 Å². The van der Waals surface area contributed by atoms with Gasteiger partial charge in [0.25, 0.3) is 5.91 Å². The standard InChI is InChI=1S/C22H28N4O4S/c1-2-3-4-5-6-7-19(27)23-16-10-8-15(9-11-16)22(29)26-13-12-17-18(14-26)31-21(24-17)20(28)25-30/h8-11,30H,2-7,12-14H2,1H3,(H,23,27)(H,25,28). The zero-order chi connectivity index (χ0) is 22.2. The van der Waals surface area contributed by atoms with Crippen molar-refractivity contribution in [2.45, 2.75) is 58.4 Å². The topological polar surface area (TPSA) is 112 Å². The molecule has 0 saturated carbocycles. The van der Waals surface area contributed by atoms with Crippen LogP contribution in [0.3, 0.4) is 0 Å². The van der Waals surface area contributed by atoms with Gasteiger partial charge in [0.05, 0.1) is 12.2 Å². The van der Waals surface area contributed by atoms with Gasteiger partial charge in [-0.1, -0.05) is 32.6 Å². The second-order valence-corrected chi connectivity index (χ2v) is 8.68. The molecule has 1 aliphatic rings. The first-order valence-electron chi connectivity index (χ1n) is 10.6. The molecule has 1 aromatic carbocycles. The largest absolute Gasteiger partial charge is 0.333 e. The molecule has 166 valence electrons. The molecule has 2 heterocycles. The molecule has 0 radical (unpaired) electrons. The summed E-state index contributed by atoms with van der Waals surface area (Å²) in [6, 6.07) is 6.92. The van der Waals surface area contributed by atoms with Crippen LogP contribution < -0.4 is 10.8 Å². The summed E-state index contributed by atoms with van der Waals surface area (Å²) < 4.78 is 0. The van der Waals surface area contributed by atoms with E-state index in [2.05, 4.69) is 17.2 Å². The molecule has 2 aromatic rings. The highest BCUT2D eigenvalue weighted by atomic mass is 32.1. The third-order valence-electron chi connectivity index (χ3n) is 5.24. The smallest absolute Gasteiger partial charge is 0.303 e. The van der Waals surface area contributed by atoms with Crippen molar-refractivity contribution in [2.75, 3.05) is 11.9 Å². The second-order valence-electron chi connectivity index (χ2n) is 7.60. The van der Waals surface area contributed by atoms with Crippen LogP contribution in [-0.2, 0) is 17.8 Å². The van der Waals surface area contributed by atoms with E-state index in [-0.39, 0.29) is 16.8 Å². The summed E-state index contributed by atoms with van der Waals surface area (Å²) in [6.45, 7) is 3.05. The van der Waals surface area contributed by atoms with E-state index < -0.39 is 5.91 Å². The number of aromatic nitrogens is 1. The normalized spacial score (nSPS) is 12.9. The van der Waals surface area contributed by atoms with Crippen molar-refractivity contribution in [3.05, 3.63) is 45.4 Å². The summed E-state index contributed by atoms with van der Waals surface area (Å²) in [4.78, 5) is 43.3. The number of thiazole rings is 1. The SMILES string of the molecule is CCCCCCCC(=O)Nc1ccc(C(=O)N2CCc3nc(C(=O)NO)sc3C2)cc1. The molecule has 31 heavy (non-hydrogen) atoms. The summed E-state index contributed by atoms with van der Waals surface area (Å²) in [6.07, 6.45) is 6.57. The lowest BCUT2D eigenvalue weighted by Gasteiger charge is -2.26. The van der Waals surface area contributed by atoms with Crippen LogP contribution in [0, 0.1) is 0 Å². The Labute approximate surface area is 185 Å². The number of nitrogens with zero attached hydrogens (tertiary/aromatic N) is 2. The van der Waals surface area contributed by atoms with Crippen LogP contribution in [0.15, 0.2) is 24.3 Å². The summed E-state index contributed by atoms with van der Waals surface area (Å²) in [5, 5.41) is 11.8. The fourth-order valence-corrected chi connectivity index (χ4v) is 4.52. The number of unbranched alkanes of at least 4 members (excludes halogenated alkanes) is 4. The maximum Gasteiger partial charge on any atom is 0.303 e. The van der Waals surface area contributed by atoms with Crippen molar-refractivity contribution in [2.24, 2.45) is 0 Å². The first-order valence-corrected chi connectivity index (χ1v) is 11.5. The van der Waals surface area contributed by atoms with Gasteiger partial charge in [0.1, 0.15) is 0 Å². The Morgan fingerprint density at radius 3 is 2.58 bits per heavy atom. The molecule has 0 aliphatic carbocycles. The van der Waals surface area contributed by atoms with Gasteiger partial charge in [0.15, 0.2) is 5.01 Å². The minimum atomic E-state index is -0.643. The molecule has 0 unspecified atom stereocenters. The lowest BCUT2D eigenvalue weighted by atomic mass is 10.1. The molecule has 3 rings (SSSR count). The van der Waals surface area contributed by atoms with E-state index in [9.17, 15) is 14.4 Å². The van der Waals surface area contributed by atoms with Crippen molar-refractivity contribution < 1.29 is 19.6 Å². The maximum atomic E-state index is 12.9. The Morgan fingerprint density at radius 2 is 1.87 bits per heavy atom. The Bertz CT molecular complexity index is 926. The predicted octanol–water partition coefficient (Wildman–Crippen LogP) is 3.76. The van der Waals surface area contributed by atoms with E-state index in [1.165, 1.54) is 24.2 Å². The lowest BCUT2D eigenvalue weighted by molar-refractivity contribution is -0.116. The van der Waals surface area contributed by atoms with Crippen LogP contribution >= 0.6 is 11.3 Å². The van der Waals surface area contributed by atoms with Crippen molar-refractivity contribution in [1.82, 2.24) is 15.4 Å². The molecule has 3 amide bonds. The van der Waals surface area contributed by atoms with Crippen LogP contribution in [0.4, 0.5) is 5.69 Å². The molecule has 0 spiro atoms. The number of fused-ring (bicyclic) bond motifs is 1. The van der Waals surface area contributed by atoms with Gasteiger partial charge < -0.3 is 10.2 Å². The molecular weight excluding hydrogens is 416 g/mol. The quantitative estimate of drug-likeness (QED) is 0.310. The summed E-state index contributed by atoms with van der Waals surface area (Å²) in [5.74, 6) is -0.760. The maximum absolute atomic E-state index is 12.9. The Hall–Kier alpha value is -2.78. The summed E-state index contributed by atoms with van der Waals surface area (Å²) >= 11 is 1.18. The monoisotopic (exact) mass is 444 g/mol. The number of benzene rings is 1. The molecule has 8 nitrogen and oxygen atoms in total. The Balaban J connectivity index is 1.53. The average molecular weight is 445 g/mol. The highest BCUT2D eigenvalue weighted by molar-refractivity contribution is 7.13. The van der Waals surface area contributed by atoms with E-state index >= 15 is 0 Å². The van der Waals surface area contributed by atoms with E-state index in [4.69, 9.17) is 5.21 Å². The fourth-order valence-electron chi connectivity index (χ4n) is 3.51. The Morgan fingerprint density at radius 1 is 1.13 bits per heavy atom. The van der Waals surface area contributed by atoms with Crippen LogP contribution in [0.1, 0.15) is 76.2 Å². The van der Waals surface area contributed by atoms with Crippen molar-refractivity contribution in [1.29, 1.82) is 0 Å². The lowest BCUT2D eigenvalue weighted by Crippen LogP contribution is -2.35. The van der Waals surface area contributed by atoms with Crippen LogP contribution in [0.25, 0.3) is 0 Å². The number of nitrogens with one attached hydrogen (secondary N) is 2. The van der Waals surface area contributed by atoms with E-state index in [1.807, 2.05) is 0 Å². The molecule has 1 aromatic heterocycles. The fraction of sp³-hybridized carbons (Fsp3) is 0.455. The van der Waals surface area contributed by atoms with E-state index in [1.54, 1.807) is 34.6 Å². The van der Waals surface area contributed by atoms with Gasteiger partial charge in [-0.15, -0.1) is 11.3 Å². The van der Waals surface area contributed by atoms with Crippen molar-refractivity contribution in [3.8, 4) is 0 Å². The molecule has 0 saturated heterocycles. The predicted molar refractivity (Wildman–Crippen MR) is 118 cm³/mol. The minimum Gasteiger partial charge on any atom is -0.333 e. The number of hydrogen-bond donors (Lipinski definition) is 3.